The van der Waals surface area contributed by atoms with E-state index >= 15 is 0 Å². The zero-order valence-corrected chi connectivity index (χ0v) is 11.7. The maximum absolute atomic E-state index is 4.49. The van der Waals surface area contributed by atoms with E-state index in [1.807, 2.05) is 0 Å². The fourth-order valence-electron chi connectivity index (χ4n) is 2.07. The fourth-order valence-corrected chi connectivity index (χ4v) is 4.02. The van der Waals surface area contributed by atoms with Gasteiger partial charge in [0.2, 0.25) is 0 Å². The van der Waals surface area contributed by atoms with E-state index < -0.39 is 0 Å². The second-order valence-corrected chi connectivity index (χ2v) is 6.84. The third-order valence-corrected chi connectivity index (χ3v) is 5.42. The van der Waals surface area contributed by atoms with Crippen molar-refractivity contribution in [2.24, 2.45) is 0 Å². The van der Waals surface area contributed by atoms with Crippen LogP contribution in [0.15, 0.2) is 5.38 Å². The summed E-state index contributed by atoms with van der Waals surface area (Å²) in [6.07, 6.45) is 3.78. The van der Waals surface area contributed by atoms with Gasteiger partial charge in [-0.3, -0.25) is 0 Å². The van der Waals surface area contributed by atoms with Gasteiger partial charge in [0, 0.05) is 35.3 Å². The van der Waals surface area contributed by atoms with Gasteiger partial charge >= 0.3 is 0 Å². The van der Waals surface area contributed by atoms with Crippen LogP contribution in [-0.4, -0.2) is 28.6 Å². The first-order valence-electron chi connectivity index (χ1n) is 6.01. The molecular formula is C12H20N2S2. The van der Waals surface area contributed by atoms with E-state index in [9.17, 15) is 0 Å². The summed E-state index contributed by atoms with van der Waals surface area (Å²) in [7, 11) is 0. The summed E-state index contributed by atoms with van der Waals surface area (Å²) in [6, 6.07) is 0.708. The van der Waals surface area contributed by atoms with E-state index in [0.717, 1.165) is 23.9 Å². The van der Waals surface area contributed by atoms with Gasteiger partial charge < -0.3 is 5.32 Å². The van der Waals surface area contributed by atoms with Crippen molar-refractivity contribution < 1.29 is 0 Å². The maximum Gasteiger partial charge on any atom is 0.0940 e. The van der Waals surface area contributed by atoms with Crippen LogP contribution in [0.5, 0.6) is 0 Å². The molecule has 1 fully saturated rings. The Balaban J connectivity index is 1.71. The molecule has 0 bridgehead atoms. The molecule has 1 aliphatic heterocycles. The molecule has 2 unspecified atom stereocenters. The first-order chi connectivity index (χ1) is 7.75. The second kappa shape index (κ2) is 6.03. The normalized spacial score (nSPS) is 25.9. The molecule has 16 heavy (non-hydrogen) atoms. The van der Waals surface area contributed by atoms with Gasteiger partial charge in [-0.05, 0) is 25.5 Å². The van der Waals surface area contributed by atoms with Crippen LogP contribution < -0.4 is 5.32 Å². The lowest BCUT2D eigenvalue weighted by molar-refractivity contribution is 0.466. The Morgan fingerprint density at radius 1 is 1.56 bits per heavy atom. The van der Waals surface area contributed by atoms with E-state index in [2.05, 4.69) is 41.3 Å². The highest BCUT2D eigenvalue weighted by Gasteiger charge is 2.20. The third-order valence-electron chi connectivity index (χ3n) is 3.02. The largest absolute Gasteiger partial charge is 0.312 e. The van der Waals surface area contributed by atoms with Crippen LogP contribution in [0.3, 0.4) is 0 Å². The molecule has 1 aromatic heterocycles. The number of hydrogen-bond acceptors (Lipinski definition) is 4. The highest BCUT2D eigenvalue weighted by molar-refractivity contribution is 7.99. The van der Waals surface area contributed by atoms with Crippen molar-refractivity contribution in [2.75, 3.05) is 12.3 Å². The third kappa shape index (κ3) is 3.47. The molecule has 2 rings (SSSR count). The molecule has 1 aliphatic rings. The molecule has 2 heterocycles. The maximum atomic E-state index is 4.49. The summed E-state index contributed by atoms with van der Waals surface area (Å²) in [5.41, 5.74) is 1.15. The lowest BCUT2D eigenvalue weighted by Gasteiger charge is -2.29. The number of rotatable bonds is 4. The van der Waals surface area contributed by atoms with Crippen LogP contribution in [0.4, 0.5) is 0 Å². The van der Waals surface area contributed by atoms with Crippen molar-refractivity contribution in [3.63, 3.8) is 0 Å². The van der Waals surface area contributed by atoms with E-state index in [4.69, 9.17) is 0 Å². The van der Waals surface area contributed by atoms with Crippen LogP contribution in [0.2, 0.25) is 0 Å². The van der Waals surface area contributed by atoms with Gasteiger partial charge in [0.15, 0.2) is 0 Å². The van der Waals surface area contributed by atoms with Gasteiger partial charge in [-0.2, -0.15) is 11.8 Å². The predicted molar refractivity (Wildman–Crippen MR) is 73.5 cm³/mol. The molecule has 0 aromatic carbocycles. The van der Waals surface area contributed by atoms with Crippen LogP contribution in [0.1, 0.15) is 30.5 Å². The molecule has 0 saturated carbocycles. The Hall–Kier alpha value is -0.0600. The Bertz CT molecular complexity index is 325. The number of thiazole rings is 1. The van der Waals surface area contributed by atoms with Crippen LogP contribution in [0.25, 0.3) is 0 Å². The first-order valence-corrected chi connectivity index (χ1v) is 7.94. The molecule has 0 radical (unpaired) electrons. The highest BCUT2D eigenvalue weighted by Crippen LogP contribution is 2.24. The molecule has 2 atom stereocenters. The SMILES string of the molecule is Cc1csc(CCNC2CCCSC2C)n1. The number of thioether (sulfide) groups is 1. The number of hydrogen-bond donors (Lipinski definition) is 1. The van der Waals surface area contributed by atoms with E-state index in [-0.39, 0.29) is 0 Å². The Kier molecular flexibility index (Phi) is 4.67. The molecule has 4 heteroatoms. The number of nitrogens with one attached hydrogen (secondary N) is 1. The second-order valence-electron chi connectivity index (χ2n) is 4.41. The topological polar surface area (TPSA) is 24.9 Å². The minimum atomic E-state index is 0.708. The van der Waals surface area contributed by atoms with Crippen molar-refractivity contribution in [3.05, 3.63) is 16.1 Å². The van der Waals surface area contributed by atoms with Crippen molar-refractivity contribution in [3.8, 4) is 0 Å². The monoisotopic (exact) mass is 256 g/mol. The van der Waals surface area contributed by atoms with Crippen LogP contribution >= 0.6 is 23.1 Å². The molecule has 2 nitrogen and oxygen atoms in total. The molecule has 1 saturated heterocycles. The summed E-state index contributed by atoms with van der Waals surface area (Å²) in [5.74, 6) is 1.34. The van der Waals surface area contributed by atoms with E-state index in [1.165, 1.54) is 23.6 Å². The Morgan fingerprint density at radius 2 is 2.44 bits per heavy atom. The average Bonchev–Trinajstić information content (AvgIpc) is 2.67. The molecule has 90 valence electrons. The molecule has 0 aliphatic carbocycles. The van der Waals surface area contributed by atoms with E-state index in [1.54, 1.807) is 11.3 Å². The number of aryl methyl sites for hydroxylation is 1. The first kappa shape index (κ1) is 12.4. The van der Waals surface area contributed by atoms with Crippen molar-refractivity contribution in [1.82, 2.24) is 10.3 Å². The van der Waals surface area contributed by atoms with Gasteiger partial charge in [-0.25, -0.2) is 4.98 Å². The summed E-state index contributed by atoms with van der Waals surface area (Å²) in [4.78, 5) is 4.49. The minimum Gasteiger partial charge on any atom is -0.312 e. The minimum absolute atomic E-state index is 0.708. The van der Waals surface area contributed by atoms with Gasteiger partial charge in [-0.1, -0.05) is 6.92 Å². The van der Waals surface area contributed by atoms with Crippen molar-refractivity contribution >= 4 is 23.1 Å². The average molecular weight is 256 g/mol. The van der Waals surface area contributed by atoms with Gasteiger partial charge in [0.05, 0.1) is 5.01 Å². The lowest BCUT2D eigenvalue weighted by atomic mass is 10.1. The smallest absolute Gasteiger partial charge is 0.0940 e. The van der Waals surface area contributed by atoms with Crippen LogP contribution in [0, 0.1) is 6.92 Å². The van der Waals surface area contributed by atoms with Gasteiger partial charge in [0.25, 0.3) is 0 Å². The zero-order chi connectivity index (χ0) is 11.4. The van der Waals surface area contributed by atoms with Crippen molar-refractivity contribution in [2.45, 2.75) is 44.4 Å². The Labute approximate surface area is 106 Å². The number of aromatic nitrogens is 1. The molecule has 0 amide bonds. The Morgan fingerprint density at radius 3 is 3.12 bits per heavy atom. The molecular weight excluding hydrogens is 236 g/mol. The summed E-state index contributed by atoms with van der Waals surface area (Å²) in [6.45, 7) is 5.48. The summed E-state index contributed by atoms with van der Waals surface area (Å²) in [5, 5.41) is 7.84. The van der Waals surface area contributed by atoms with E-state index in [0.29, 0.717) is 6.04 Å². The molecule has 0 spiro atoms. The summed E-state index contributed by atoms with van der Waals surface area (Å²) >= 11 is 3.88. The molecule has 1 N–H and O–H groups in total. The standard InChI is InChI=1S/C12H20N2S2/c1-9-8-16-12(14-9)5-6-13-11-4-3-7-15-10(11)2/h8,10-11,13H,3-7H2,1-2H3. The number of nitrogens with zero attached hydrogens (tertiary/aromatic N) is 1. The molecule has 1 aromatic rings. The van der Waals surface area contributed by atoms with Crippen molar-refractivity contribution in [1.29, 1.82) is 0 Å². The highest BCUT2D eigenvalue weighted by atomic mass is 32.2. The van der Waals surface area contributed by atoms with Crippen LogP contribution in [-0.2, 0) is 6.42 Å². The zero-order valence-electron chi connectivity index (χ0n) is 10.0. The summed E-state index contributed by atoms with van der Waals surface area (Å²) < 4.78 is 0. The quantitative estimate of drug-likeness (QED) is 0.896. The fraction of sp³-hybridized carbons (Fsp3) is 0.750. The predicted octanol–water partition coefficient (Wildman–Crippen LogP) is 2.87. The van der Waals surface area contributed by atoms with Gasteiger partial charge in [-0.15, -0.1) is 11.3 Å². The van der Waals surface area contributed by atoms with Gasteiger partial charge in [0.1, 0.15) is 0 Å². The lowest BCUT2D eigenvalue weighted by Crippen LogP contribution is -2.40.